The third-order valence-corrected chi connectivity index (χ3v) is 3.36. The Hall–Kier alpha value is -1.56. The molecule has 0 radical (unpaired) electrons. The highest BCUT2D eigenvalue weighted by Gasteiger charge is 2.16. The van der Waals surface area contributed by atoms with Crippen LogP contribution in [-0.2, 0) is 11.3 Å². The van der Waals surface area contributed by atoms with Gasteiger partial charge in [-0.15, -0.1) is 0 Å². The summed E-state index contributed by atoms with van der Waals surface area (Å²) in [7, 11) is 3.56. The van der Waals surface area contributed by atoms with E-state index in [-0.39, 0.29) is 18.0 Å². The molecule has 5 nitrogen and oxygen atoms in total. The molecule has 0 atom stereocenters. The maximum Gasteiger partial charge on any atom is 0.240 e. The second kappa shape index (κ2) is 8.17. The van der Waals surface area contributed by atoms with Crippen LogP contribution in [0.3, 0.4) is 0 Å². The van der Waals surface area contributed by atoms with Gasteiger partial charge in [0.25, 0.3) is 0 Å². The minimum atomic E-state index is -0.230. The topological polar surface area (TPSA) is 56.7 Å². The molecule has 0 spiro atoms. The van der Waals surface area contributed by atoms with Gasteiger partial charge in [-0.1, -0.05) is 28.1 Å². The molecule has 0 aliphatic rings. The fourth-order valence-electron chi connectivity index (χ4n) is 1.92. The summed E-state index contributed by atoms with van der Waals surface area (Å²) in [6.07, 6.45) is 0. The predicted molar refractivity (Wildman–Crippen MR) is 94.9 cm³/mol. The Morgan fingerprint density at radius 1 is 1.27 bits per heavy atom. The number of hydrogen-bond acceptors (Lipinski definition) is 2. The zero-order chi connectivity index (χ0) is 16.8. The number of aliphatic imine (C=N–C) groups is 1. The molecule has 1 amide bonds. The third-order valence-electron chi connectivity index (χ3n) is 2.83. The van der Waals surface area contributed by atoms with E-state index in [1.807, 2.05) is 52.1 Å². The van der Waals surface area contributed by atoms with Crippen LogP contribution in [0.25, 0.3) is 0 Å². The number of nitrogens with zero attached hydrogens (tertiary/aromatic N) is 2. The van der Waals surface area contributed by atoms with Crippen molar-refractivity contribution in [3.63, 3.8) is 0 Å². The van der Waals surface area contributed by atoms with Crippen LogP contribution in [0.15, 0.2) is 33.7 Å². The Morgan fingerprint density at radius 2 is 1.86 bits per heavy atom. The van der Waals surface area contributed by atoms with Gasteiger partial charge in [0.1, 0.15) is 0 Å². The highest BCUT2D eigenvalue weighted by Crippen LogP contribution is 2.10. The number of carbonyl (C=O) groups is 1. The molecule has 0 heterocycles. The van der Waals surface area contributed by atoms with Crippen LogP contribution < -0.4 is 10.6 Å². The third kappa shape index (κ3) is 6.93. The van der Waals surface area contributed by atoms with E-state index in [4.69, 9.17) is 0 Å². The van der Waals surface area contributed by atoms with Gasteiger partial charge < -0.3 is 15.5 Å². The SMILES string of the molecule is CN=C(NCc1ccc(Br)cc1)N(C)CC(=O)NC(C)(C)C. The van der Waals surface area contributed by atoms with Gasteiger partial charge in [-0.2, -0.15) is 0 Å². The summed E-state index contributed by atoms with van der Waals surface area (Å²) in [5, 5.41) is 6.19. The van der Waals surface area contributed by atoms with Crippen molar-refractivity contribution in [3.05, 3.63) is 34.3 Å². The molecule has 6 heteroatoms. The summed E-state index contributed by atoms with van der Waals surface area (Å²) >= 11 is 3.42. The summed E-state index contributed by atoms with van der Waals surface area (Å²) in [6.45, 7) is 6.81. The number of halogens is 1. The van der Waals surface area contributed by atoms with Gasteiger partial charge in [-0.3, -0.25) is 9.79 Å². The number of rotatable bonds is 4. The molecule has 2 N–H and O–H groups in total. The Balaban J connectivity index is 2.53. The largest absolute Gasteiger partial charge is 0.352 e. The summed E-state index contributed by atoms with van der Waals surface area (Å²) < 4.78 is 1.05. The molecule has 0 saturated heterocycles. The summed E-state index contributed by atoms with van der Waals surface area (Å²) in [4.78, 5) is 18.0. The minimum Gasteiger partial charge on any atom is -0.352 e. The van der Waals surface area contributed by atoms with Crippen molar-refractivity contribution in [2.24, 2.45) is 4.99 Å². The quantitative estimate of drug-likeness (QED) is 0.633. The van der Waals surface area contributed by atoms with Crippen LogP contribution in [0.5, 0.6) is 0 Å². The Bertz CT molecular complexity index is 520. The standard InChI is InChI=1S/C16H25BrN4O/c1-16(2,3)20-14(22)11-21(5)15(18-4)19-10-12-6-8-13(17)9-7-12/h6-9H,10-11H2,1-5H3,(H,18,19)(H,20,22). The fourth-order valence-corrected chi connectivity index (χ4v) is 2.18. The van der Waals surface area contributed by atoms with E-state index >= 15 is 0 Å². The lowest BCUT2D eigenvalue weighted by molar-refractivity contribution is -0.122. The van der Waals surface area contributed by atoms with Gasteiger partial charge in [-0.05, 0) is 38.5 Å². The number of benzene rings is 1. The zero-order valence-corrected chi connectivity index (χ0v) is 15.5. The first-order valence-electron chi connectivity index (χ1n) is 7.18. The van der Waals surface area contributed by atoms with Crippen LogP contribution in [0.4, 0.5) is 0 Å². The number of hydrogen-bond donors (Lipinski definition) is 2. The zero-order valence-electron chi connectivity index (χ0n) is 13.9. The summed E-state index contributed by atoms with van der Waals surface area (Å²) in [5.41, 5.74) is 0.920. The molecule has 0 saturated carbocycles. The van der Waals surface area contributed by atoms with Crippen molar-refractivity contribution < 1.29 is 4.79 Å². The second-order valence-corrected chi connectivity index (χ2v) is 7.10. The van der Waals surface area contributed by atoms with E-state index in [0.717, 1.165) is 10.0 Å². The van der Waals surface area contributed by atoms with Crippen molar-refractivity contribution in [2.75, 3.05) is 20.6 Å². The van der Waals surface area contributed by atoms with E-state index in [2.05, 4.69) is 31.6 Å². The molecule has 0 aliphatic heterocycles. The molecule has 1 aromatic rings. The summed E-state index contributed by atoms with van der Waals surface area (Å²) in [6, 6.07) is 8.08. The van der Waals surface area contributed by atoms with E-state index in [1.165, 1.54) is 0 Å². The normalized spacial score (nSPS) is 12.0. The number of nitrogens with one attached hydrogen (secondary N) is 2. The highest BCUT2D eigenvalue weighted by molar-refractivity contribution is 9.10. The van der Waals surface area contributed by atoms with Crippen LogP contribution >= 0.6 is 15.9 Å². The lowest BCUT2D eigenvalue weighted by Crippen LogP contribution is -2.48. The first-order chi connectivity index (χ1) is 10.2. The van der Waals surface area contributed by atoms with Crippen LogP contribution in [0.2, 0.25) is 0 Å². The Morgan fingerprint density at radius 3 is 2.36 bits per heavy atom. The average Bonchev–Trinajstić information content (AvgIpc) is 2.39. The number of guanidine groups is 1. The van der Waals surface area contributed by atoms with Gasteiger partial charge in [0.2, 0.25) is 5.91 Å². The molecular weight excluding hydrogens is 344 g/mol. The molecular formula is C16H25BrN4O. The molecule has 0 unspecified atom stereocenters. The maximum absolute atomic E-state index is 12.0. The first-order valence-corrected chi connectivity index (χ1v) is 7.98. The van der Waals surface area contributed by atoms with E-state index < -0.39 is 0 Å². The van der Waals surface area contributed by atoms with Gasteiger partial charge >= 0.3 is 0 Å². The van der Waals surface area contributed by atoms with Crippen LogP contribution in [0, 0.1) is 0 Å². The molecule has 0 fully saturated rings. The number of carbonyl (C=O) groups excluding carboxylic acids is 1. The second-order valence-electron chi connectivity index (χ2n) is 6.18. The molecule has 0 aliphatic carbocycles. The van der Waals surface area contributed by atoms with E-state index in [9.17, 15) is 4.79 Å². The minimum absolute atomic E-state index is 0.0263. The smallest absolute Gasteiger partial charge is 0.240 e. The average molecular weight is 369 g/mol. The number of likely N-dealkylation sites (N-methyl/N-ethyl adjacent to an activating group) is 1. The van der Waals surface area contributed by atoms with Crippen molar-refractivity contribution in [1.29, 1.82) is 0 Å². The van der Waals surface area contributed by atoms with Crippen LogP contribution in [-0.4, -0.2) is 42.9 Å². The molecule has 122 valence electrons. The predicted octanol–water partition coefficient (Wildman–Crippen LogP) is 2.37. The molecule has 0 aromatic heterocycles. The Kier molecular flexibility index (Phi) is 6.87. The van der Waals surface area contributed by atoms with Crippen LogP contribution in [0.1, 0.15) is 26.3 Å². The van der Waals surface area contributed by atoms with Gasteiger partial charge in [-0.25, -0.2) is 0 Å². The Labute approximate surface area is 141 Å². The van der Waals surface area contributed by atoms with Gasteiger partial charge in [0.05, 0.1) is 6.54 Å². The highest BCUT2D eigenvalue weighted by atomic mass is 79.9. The lowest BCUT2D eigenvalue weighted by atomic mass is 10.1. The van der Waals surface area contributed by atoms with Crippen molar-refractivity contribution in [2.45, 2.75) is 32.9 Å². The van der Waals surface area contributed by atoms with Crippen molar-refractivity contribution in [3.8, 4) is 0 Å². The number of amides is 1. The molecule has 1 rings (SSSR count). The van der Waals surface area contributed by atoms with Gasteiger partial charge in [0, 0.05) is 30.7 Å². The monoisotopic (exact) mass is 368 g/mol. The fraction of sp³-hybridized carbons (Fsp3) is 0.500. The molecule has 22 heavy (non-hydrogen) atoms. The summed E-state index contributed by atoms with van der Waals surface area (Å²) in [5.74, 6) is 0.661. The maximum atomic E-state index is 12.0. The lowest BCUT2D eigenvalue weighted by Gasteiger charge is -2.25. The van der Waals surface area contributed by atoms with Crippen molar-refractivity contribution in [1.82, 2.24) is 15.5 Å². The molecule has 0 bridgehead atoms. The first kappa shape index (κ1) is 18.5. The van der Waals surface area contributed by atoms with E-state index in [0.29, 0.717) is 12.5 Å². The van der Waals surface area contributed by atoms with Crippen molar-refractivity contribution >= 4 is 27.8 Å². The molecule has 1 aromatic carbocycles. The van der Waals surface area contributed by atoms with E-state index in [1.54, 1.807) is 11.9 Å². The van der Waals surface area contributed by atoms with Gasteiger partial charge in [0.15, 0.2) is 5.96 Å².